The maximum Gasteiger partial charge on any atom is 0.265 e. The lowest BCUT2D eigenvalue weighted by Gasteiger charge is -2.31. The fourth-order valence-electron chi connectivity index (χ4n) is 3.15. The third-order valence-corrected chi connectivity index (χ3v) is 4.90. The topological polar surface area (TPSA) is 53.0 Å². The van der Waals surface area contributed by atoms with Crippen LogP contribution in [-0.2, 0) is 4.79 Å². The second-order valence-electron chi connectivity index (χ2n) is 7.17. The molecule has 1 aliphatic heterocycles. The van der Waals surface area contributed by atoms with E-state index < -0.39 is 5.92 Å². The molecule has 0 fully saturated rings. The van der Waals surface area contributed by atoms with Crippen LogP contribution in [0.5, 0.6) is 0 Å². The molecule has 0 bridgehead atoms. The quantitative estimate of drug-likeness (QED) is 0.605. The largest absolute Gasteiger partial charge is 0.308 e. The SMILES string of the molecule is Cc1ccc(N2C(=O)c3ccccc3[C@@H](C=NCCN(C)C)C2=O)cc1C. The summed E-state index contributed by atoms with van der Waals surface area (Å²) in [4.78, 5) is 34.0. The Balaban J connectivity index is 2.00. The van der Waals surface area contributed by atoms with Crippen molar-refractivity contribution in [3.8, 4) is 0 Å². The number of fused-ring (bicyclic) bond motifs is 1. The van der Waals surface area contributed by atoms with Crippen molar-refractivity contribution in [1.29, 1.82) is 0 Å². The van der Waals surface area contributed by atoms with Crippen molar-refractivity contribution in [3.63, 3.8) is 0 Å². The summed E-state index contributed by atoms with van der Waals surface area (Å²) in [6, 6.07) is 12.9. The van der Waals surface area contributed by atoms with Crippen LogP contribution in [0.3, 0.4) is 0 Å². The van der Waals surface area contributed by atoms with Crippen molar-refractivity contribution in [2.75, 3.05) is 32.1 Å². The summed E-state index contributed by atoms with van der Waals surface area (Å²) in [6.45, 7) is 5.40. The molecule has 0 spiro atoms. The number of nitrogens with zero attached hydrogens (tertiary/aromatic N) is 3. The predicted molar refractivity (Wildman–Crippen MR) is 109 cm³/mol. The molecule has 5 nitrogen and oxygen atoms in total. The number of benzene rings is 2. The van der Waals surface area contributed by atoms with E-state index in [4.69, 9.17) is 0 Å². The van der Waals surface area contributed by atoms with Gasteiger partial charge in [-0.25, -0.2) is 4.90 Å². The molecule has 5 heteroatoms. The van der Waals surface area contributed by atoms with Crippen LogP contribution in [0.4, 0.5) is 5.69 Å². The molecule has 2 aromatic carbocycles. The number of imide groups is 1. The molecule has 0 radical (unpaired) electrons. The first-order valence-electron chi connectivity index (χ1n) is 9.09. The fraction of sp³-hybridized carbons (Fsp3) is 0.318. The van der Waals surface area contributed by atoms with Gasteiger partial charge in [0.25, 0.3) is 5.91 Å². The Morgan fingerprint density at radius 2 is 1.81 bits per heavy atom. The zero-order chi connectivity index (χ0) is 19.6. The maximum absolute atomic E-state index is 13.2. The molecule has 2 aromatic rings. The van der Waals surface area contributed by atoms with Crippen LogP contribution in [0.1, 0.15) is 33.0 Å². The Hall–Kier alpha value is -2.79. The monoisotopic (exact) mass is 363 g/mol. The van der Waals surface area contributed by atoms with Crippen LogP contribution in [0.15, 0.2) is 47.5 Å². The first-order chi connectivity index (χ1) is 12.9. The summed E-state index contributed by atoms with van der Waals surface area (Å²) in [5.41, 5.74) is 4.05. The summed E-state index contributed by atoms with van der Waals surface area (Å²) < 4.78 is 0. The molecule has 1 atom stereocenters. The molecule has 0 saturated heterocycles. The lowest BCUT2D eigenvalue weighted by molar-refractivity contribution is -0.118. The highest BCUT2D eigenvalue weighted by atomic mass is 16.2. The number of carbonyl (C=O) groups excluding carboxylic acids is 2. The van der Waals surface area contributed by atoms with Crippen LogP contribution < -0.4 is 4.90 Å². The van der Waals surface area contributed by atoms with E-state index in [1.807, 2.05) is 69.2 Å². The van der Waals surface area contributed by atoms with Gasteiger partial charge in [0.2, 0.25) is 5.91 Å². The van der Waals surface area contributed by atoms with Gasteiger partial charge in [0.15, 0.2) is 0 Å². The van der Waals surface area contributed by atoms with Crippen molar-refractivity contribution in [1.82, 2.24) is 4.90 Å². The first-order valence-corrected chi connectivity index (χ1v) is 9.09. The molecule has 2 amide bonds. The van der Waals surface area contributed by atoms with Crippen LogP contribution in [0.25, 0.3) is 0 Å². The van der Waals surface area contributed by atoms with Crippen molar-refractivity contribution in [2.45, 2.75) is 19.8 Å². The van der Waals surface area contributed by atoms with Gasteiger partial charge in [-0.05, 0) is 62.8 Å². The van der Waals surface area contributed by atoms with E-state index in [1.54, 1.807) is 12.3 Å². The number of likely N-dealkylation sites (N-methyl/N-ethyl adjacent to an activating group) is 1. The average Bonchev–Trinajstić information content (AvgIpc) is 2.64. The molecular weight excluding hydrogens is 338 g/mol. The summed E-state index contributed by atoms with van der Waals surface area (Å²) in [5, 5.41) is 0. The molecule has 0 aromatic heterocycles. The van der Waals surface area contributed by atoms with E-state index in [-0.39, 0.29) is 11.8 Å². The van der Waals surface area contributed by atoms with E-state index in [1.165, 1.54) is 4.90 Å². The number of aliphatic imine (C=N–C) groups is 1. The zero-order valence-corrected chi connectivity index (χ0v) is 16.3. The van der Waals surface area contributed by atoms with Gasteiger partial charge < -0.3 is 4.90 Å². The summed E-state index contributed by atoms with van der Waals surface area (Å²) in [5.74, 6) is -1.09. The van der Waals surface area contributed by atoms with Gasteiger partial charge in [-0.15, -0.1) is 0 Å². The Labute approximate surface area is 160 Å². The summed E-state index contributed by atoms with van der Waals surface area (Å²) in [7, 11) is 3.97. The standard InChI is InChI=1S/C22H25N3O2/c1-15-9-10-17(13-16(15)2)25-21(26)19-8-6-5-7-18(19)20(22(25)27)14-23-11-12-24(3)4/h5-10,13-14,20H,11-12H2,1-4H3/t20-/m1/s1. The fourth-order valence-corrected chi connectivity index (χ4v) is 3.15. The number of aryl methyl sites for hydroxylation is 2. The lowest BCUT2D eigenvalue weighted by atomic mass is 9.88. The minimum absolute atomic E-state index is 0.254. The Morgan fingerprint density at radius 3 is 2.52 bits per heavy atom. The van der Waals surface area contributed by atoms with Gasteiger partial charge >= 0.3 is 0 Å². The molecule has 27 heavy (non-hydrogen) atoms. The molecule has 1 aliphatic rings. The van der Waals surface area contributed by atoms with Crippen LogP contribution in [-0.4, -0.2) is 50.1 Å². The van der Waals surface area contributed by atoms with Crippen molar-refractivity contribution in [2.24, 2.45) is 4.99 Å². The van der Waals surface area contributed by atoms with Gasteiger partial charge in [-0.3, -0.25) is 14.6 Å². The minimum atomic E-state index is -0.553. The van der Waals surface area contributed by atoms with Crippen LogP contribution in [0.2, 0.25) is 0 Å². The van der Waals surface area contributed by atoms with Gasteiger partial charge in [0.05, 0.1) is 18.2 Å². The Kier molecular flexibility index (Phi) is 5.51. The average molecular weight is 363 g/mol. The summed E-state index contributed by atoms with van der Waals surface area (Å²) >= 11 is 0. The second-order valence-corrected chi connectivity index (χ2v) is 7.17. The van der Waals surface area contributed by atoms with Crippen molar-refractivity contribution in [3.05, 3.63) is 64.7 Å². The summed E-state index contributed by atoms with van der Waals surface area (Å²) in [6.07, 6.45) is 1.69. The Morgan fingerprint density at radius 1 is 1.07 bits per heavy atom. The minimum Gasteiger partial charge on any atom is -0.308 e. The molecule has 1 heterocycles. The third kappa shape index (κ3) is 3.83. The third-order valence-electron chi connectivity index (χ3n) is 4.90. The highest BCUT2D eigenvalue weighted by molar-refractivity contribution is 6.29. The number of carbonyl (C=O) groups is 2. The number of anilines is 1. The molecule has 3 rings (SSSR count). The maximum atomic E-state index is 13.2. The highest BCUT2D eigenvalue weighted by Gasteiger charge is 2.38. The molecule has 0 N–H and O–H groups in total. The van der Waals surface area contributed by atoms with Crippen LogP contribution >= 0.6 is 0 Å². The smallest absolute Gasteiger partial charge is 0.265 e. The van der Waals surface area contributed by atoms with Gasteiger partial charge in [-0.2, -0.15) is 0 Å². The van der Waals surface area contributed by atoms with Gasteiger partial charge in [0.1, 0.15) is 0 Å². The lowest BCUT2D eigenvalue weighted by Crippen LogP contribution is -2.45. The van der Waals surface area contributed by atoms with E-state index in [2.05, 4.69) is 4.99 Å². The first kappa shape index (κ1) is 19.0. The molecule has 0 unspecified atom stereocenters. The second kappa shape index (κ2) is 7.84. The van der Waals surface area contributed by atoms with E-state index in [0.29, 0.717) is 17.8 Å². The molecule has 140 valence electrons. The van der Waals surface area contributed by atoms with E-state index in [9.17, 15) is 9.59 Å². The van der Waals surface area contributed by atoms with Gasteiger partial charge in [0, 0.05) is 18.3 Å². The number of hydrogen-bond donors (Lipinski definition) is 0. The van der Waals surface area contributed by atoms with E-state index >= 15 is 0 Å². The van der Waals surface area contributed by atoms with Crippen LogP contribution in [0, 0.1) is 13.8 Å². The van der Waals surface area contributed by atoms with Crippen molar-refractivity contribution < 1.29 is 9.59 Å². The number of hydrogen-bond acceptors (Lipinski definition) is 4. The predicted octanol–water partition coefficient (Wildman–Crippen LogP) is 3.21. The molecular formula is C22H25N3O2. The molecule has 0 aliphatic carbocycles. The van der Waals surface area contributed by atoms with Crippen molar-refractivity contribution >= 4 is 23.7 Å². The molecule has 0 saturated carbocycles. The number of rotatable bonds is 5. The Bertz CT molecular complexity index is 902. The highest BCUT2D eigenvalue weighted by Crippen LogP contribution is 2.32. The normalized spacial score (nSPS) is 17.1. The van der Waals surface area contributed by atoms with Gasteiger partial charge in [-0.1, -0.05) is 24.3 Å². The zero-order valence-electron chi connectivity index (χ0n) is 16.3. The van der Waals surface area contributed by atoms with E-state index in [0.717, 1.165) is 23.2 Å². The number of amides is 2.